The van der Waals surface area contributed by atoms with Gasteiger partial charge in [0, 0.05) is 5.69 Å². The number of rotatable bonds is 4. The maximum atomic E-state index is 12.6. The second kappa shape index (κ2) is 5.23. The number of halogens is 1. The van der Waals surface area contributed by atoms with Crippen molar-refractivity contribution in [2.75, 3.05) is 10.5 Å². The third-order valence-electron chi connectivity index (χ3n) is 2.40. The minimum atomic E-state index is -3.62. The molecule has 0 radical (unpaired) electrons. The third kappa shape index (κ3) is 3.65. The Morgan fingerprint density at radius 1 is 1.21 bits per heavy atom. The summed E-state index contributed by atoms with van der Waals surface area (Å²) >= 11 is 0. The molecular weight excluding hydrogens is 269 g/mol. The molecule has 0 spiro atoms. The van der Waals surface area contributed by atoms with Crippen LogP contribution >= 0.6 is 0 Å². The number of hydrogen-bond acceptors (Lipinski definition) is 4. The Bertz CT molecular complexity index is 672. The lowest BCUT2D eigenvalue weighted by molar-refractivity contribution is 0.583. The molecule has 2 rings (SSSR count). The molecule has 0 aliphatic heterocycles. The zero-order chi connectivity index (χ0) is 13.9. The molecule has 7 heteroatoms. The van der Waals surface area contributed by atoms with Gasteiger partial charge in [-0.1, -0.05) is 18.2 Å². The summed E-state index contributed by atoms with van der Waals surface area (Å²) in [6, 6.07) is 9.08. The van der Waals surface area contributed by atoms with Crippen LogP contribution in [0.1, 0.15) is 5.56 Å². The highest BCUT2D eigenvalue weighted by molar-refractivity contribution is 7.91. The van der Waals surface area contributed by atoms with Gasteiger partial charge in [-0.15, -0.1) is 0 Å². The maximum absolute atomic E-state index is 12.6. The molecule has 19 heavy (non-hydrogen) atoms. The molecule has 5 nitrogen and oxygen atoms in total. The van der Waals surface area contributed by atoms with Crippen LogP contribution < -0.4 is 10.5 Å². The highest BCUT2D eigenvalue weighted by Gasteiger charge is 2.13. The van der Waals surface area contributed by atoms with Crippen LogP contribution in [0.2, 0.25) is 0 Å². The standard InChI is InChI=1S/C12H12FN3O2S/c13-12-6-5-10(7-15-12)16-19(17,18)8-9-3-1-2-4-11(9)14/h1-7,16H,8,14H2. The molecular formula is C12H12FN3O2S. The van der Waals surface area contributed by atoms with Crippen LogP contribution in [0.15, 0.2) is 42.6 Å². The largest absolute Gasteiger partial charge is 0.398 e. The van der Waals surface area contributed by atoms with E-state index in [0.29, 0.717) is 11.3 Å². The smallest absolute Gasteiger partial charge is 0.237 e. The van der Waals surface area contributed by atoms with E-state index in [9.17, 15) is 12.8 Å². The Morgan fingerprint density at radius 3 is 2.58 bits per heavy atom. The lowest BCUT2D eigenvalue weighted by atomic mass is 10.2. The van der Waals surface area contributed by atoms with E-state index >= 15 is 0 Å². The van der Waals surface area contributed by atoms with E-state index < -0.39 is 16.0 Å². The van der Waals surface area contributed by atoms with E-state index in [2.05, 4.69) is 9.71 Å². The zero-order valence-corrected chi connectivity index (χ0v) is 10.7. The first-order valence-corrected chi connectivity index (χ1v) is 7.07. The van der Waals surface area contributed by atoms with Crippen LogP contribution in [-0.2, 0) is 15.8 Å². The summed E-state index contributed by atoms with van der Waals surface area (Å²) < 4.78 is 38.8. The summed E-state index contributed by atoms with van der Waals surface area (Å²) in [5.41, 5.74) is 6.80. The number of para-hydroxylation sites is 1. The summed E-state index contributed by atoms with van der Waals surface area (Å²) in [6.07, 6.45) is 1.11. The molecule has 0 bridgehead atoms. The van der Waals surface area contributed by atoms with Crippen molar-refractivity contribution in [3.05, 3.63) is 54.1 Å². The van der Waals surface area contributed by atoms with Gasteiger partial charge in [0.05, 0.1) is 17.6 Å². The molecule has 0 aliphatic rings. The predicted molar refractivity (Wildman–Crippen MR) is 71.3 cm³/mol. The predicted octanol–water partition coefficient (Wildman–Crippen LogP) is 1.74. The van der Waals surface area contributed by atoms with Gasteiger partial charge in [0.25, 0.3) is 0 Å². The molecule has 0 aliphatic carbocycles. The Kier molecular flexibility index (Phi) is 3.66. The quantitative estimate of drug-likeness (QED) is 0.660. The molecule has 0 saturated carbocycles. The van der Waals surface area contributed by atoms with Gasteiger partial charge in [-0.05, 0) is 23.8 Å². The first-order valence-electron chi connectivity index (χ1n) is 5.42. The Labute approximate surface area is 110 Å². The van der Waals surface area contributed by atoms with Gasteiger partial charge >= 0.3 is 0 Å². The van der Waals surface area contributed by atoms with E-state index in [4.69, 9.17) is 5.73 Å². The number of nitrogens with one attached hydrogen (secondary N) is 1. The van der Waals surface area contributed by atoms with E-state index in [-0.39, 0.29) is 11.4 Å². The van der Waals surface area contributed by atoms with Crippen molar-refractivity contribution >= 4 is 21.4 Å². The van der Waals surface area contributed by atoms with Crippen LogP contribution in [0.4, 0.5) is 15.8 Å². The molecule has 0 saturated heterocycles. The molecule has 1 aromatic carbocycles. The summed E-state index contributed by atoms with van der Waals surface area (Å²) in [7, 11) is -3.62. The number of benzene rings is 1. The van der Waals surface area contributed by atoms with Crippen LogP contribution in [0.25, 0.3) is 0 Å². The highest BCUT2D eigenvalue weighted by atomic mass is 32.2. The van der Waals surface area contributed by atoms with Gasteiger partial charge in [0.1, 0.15) is 0 Å². The fourth-order valence-electron chi connectivity index (χ4n) is 1.52. The van der Waals surface area contributed by atoms with Crippen LogP contribution in [0.5, 0.6) is 0 Å². The minimum Gasteiger partial charge on any atom is -0.398 e. The molecule has 1 aromatic heterocycles. The lowest BCUT2D eigenvalue weighted by Gasteiger charge is -2.09. The van der Waals surface area contributed by atoms with Crippen molar-refractivity contribution in [3.63, 3.8) is 0 Å². The van der Waals surface area contributed by atoms with Crippen molar-refractivity contribution in [1.29, 1.82) is 0 Å². The Balaban J connectivity index is 2.15. The number of nitrogen functional groups attached to an aromatic ring is 1. The Hall–Kier alpha value is -2.15. The second-order valence-corrected chi connectivity index (χ2v) is 5.65. The third-order valence-corrected chi connectivity index (χ3v) is 3.64. The molecule has 0 fully saturated rings. The van der Waals surface area contributed by atoms with Crippen LogP contribution in [-0.4, -0.2) is 13.4 Å². The average molecular weight is 281 g/mol. The minimum absolute atomic E-state index is 0.205. The van der Waals surface area contributed by atoms with Crippen molar-refractivity contribution in [2.45, 2.75) is 5.75 Å². The van der Waals surface area contributed by atoms with Gasteiger partial charge in [-0.25, -0.2) is 13.4 Å². The molecule has 0 unspecified atom stereocenters. The van der Waals surface area contributed by atoms with Gasteiger partial charge < -0.3 is 5.73 Å². The summed E-state index contributed by atoms with van der Waals surface area (Å²) in [4.78, 5) is 3.37. The number of nitrogens with two attached hydrogens (primary N) is 1. The zero-order valence-electron chi connectivity index (χ0n) is 9.88. The summed E-state index contributed by atoms with van der Waals surface area (Å²) in [5.74, 6) is -0.924. The molecule has 0 amide bonds. The first-order chi connectivity index (χ1) is 8.96. The maximum Gasteiger partial charge on any atom is 0.237 e. The van der Waals surface area contributed by atoms with Gasteiger partial charge in [-0.3, -0.25) is 4.72 Å². The number of hydrogen-bond donors (Lipinski definition) is 2. The Morgan fingerprint density at radius 2 is 1.95 bits per heavy atom. The summed E-state index contributed by atoms with van der Waals surface area (Å²) in [6.45, 7) is 0. The normalized spacial score (nSPS) is 11.2. The fourth-order valence-corrected chi connectivity index (χ4v) is 2.75. The van der Waals surface area contributed by atoms with Gasteiger partial charge in [0.15, 0.2) is 0 Å². The van der Waals surface area contributed by atoms with Crippen molar-refractivity contribution in [2.24, 2.45) is 0 Å². The number of nitrogens with zero attached hydrogens (tertiary/aromatic N) is 1. The van der Waals surface area contributed by atoms with Gasteiger partial charge in [-0.2, -0.15) is 4.39 Å². The molecule has 100 valence electrons. The SMILES string of the molecule is Nc1ccccc1CS(=O)(=O)Nc1ccc(F)nc1. The monoisotopic (exact) mass is 281 g/mol. The van der Waals surface area contributed by atoms with Crippen molar-refractivity contribution in [3.8, 4) is 0 Å². The van der Waals surface area contributed by atoms with E-state index in [1.807, 2.05) is 0 Å². The van der Waals surface area contributed by atoms with E-state index in [0.717, 1.165) is 12.3 Å². The average Bonchev–Trinajstić information content (AvgIpc) is 2.35. The van der Waals surface area contributed by atoms with Crippen LogP contribution in [0, 0.1) is 5.95 Å². The fraction of sp³-hybridized carbons (Fsp3) is 0.0833. The van der Waals surface area contributed by atoms with Crippen molar-refractivity contribution in [1.82, 2.24) is 4.98 Å². The van der Waals surface area contributed by atoms with Crippen molar-refractivity contribution < 1.29 is 12.8 Å². The highest BCUT2D eigenvalue weighted by Crippen LogP contribution is 2.16. The van der Waals surface area contributed by atoms with E-state index in [1.54, 1.807) is 24.3 Å². The van der Waals surface area contributed by atoms with Gasteiger partial charge in [0.2, 0.25) is 16.0 Å². The lowest BCUT2D eigenvalue weighted by Crippen LogP contribution is -2.16. The first kappa shape index (κ1) is 13.3. The van der Waals surface area contributed by atoms with E-state index in [1.165, 1.54) is 6.07 Å². The molecule has 2 aromatic rings. The molecule has 1 heterocycles. The topological polar surface area (TPSA) is 85.1 Å². The van der Waals surface area contributed by atoms with Crippen LogP contribution in [0.3, 0.4) is 0 Å². The number of anilines is 2. The number of pyridine rings is 1. The summed E-state index contributed by atoms with van der Waals surface area (Å²) in [5, 5.41) is 0. The molecule has 0 atom stereocenters. The number of sulfonamides is 1. The number of aromatic nitrogens is 1. The molecule has 3 N–H and O–H groups in total. The second-order valence-electron chi connectivity index (χ2n) is 3.93.